The summed E-state index contributed by atoms with van der Waals surface area (Å²) in [6.45, 7) is 0.624. The van der Waals surface area contributed by atoms with Crippen molar-refractivity contribution in [3.63, 3.8) is 0 Å². The number of halogens is 2. The lowest BCUT2D eigenvalue weighted by atomic mass is 10.2. The molecule has 3 rings (SSSR count). The van der Waals surface area contributed by atoms with Gasteiger partial charge in [-0.25, -0.2) is 8.78 Å². The second kappa shape index (κ2) is 4.08. The van der Waals surface area contributed by atoms with E-state index in [0.717, 1.165) is 25.0 Å². The summed E-state index contributed by atoms with van der Waals surface area (Å²) in [7, 11) is 0. The van der Waals surface area contributed by atoms with E-state index in [-0.39, 0.29) is 22.5 Å². The molecule has 0 aliphatic heterocycles. The highest BCUT2D eigenvalue weighted by Gasteiger charge is 2.22. The molecule has 1 aliphatic rings. The van der Waals surface area contributed by atoms with Crippen molar-refractivity contribution in [2.45, 2.75) is 12.8 Å². The van der Waals surface area contributed by atoms with Gasteiger partial charge in [-0.2, -0.15) is 0 Å². The zero-order valence-electron chi connectivity index (χ0n) is 9.59. The summed E-state index contributed by atoms with van der Waals surface area (Å²) in [6.07, 6.45) is 2.27. The van der Waals surface area contributed by atoms with Gasteiger partial charge in [0.2, 0.25) is 0 Å². The van der Waals surface area contributed by atoms with Crippen LogP contribution in [0.4, 0.5) is 8.78 Å². The second-order valence-electron chi connectivity index (χ2n) is 4.65. The number of nitrogens with one attached hydrogen (secondary N) is 2. The van der Waals surface area contributed by atoms with Crippen LogP contribution < -0.4 is 5.32 Å². The van der Waals surface area contributed by atoms with Gasteiger partial charge in [0, 0.05) is 11.9 Å². The van der Waals surface area contributed by atoms with Crippen LogP contribution in [0.3, 0.4) is 0 Å². The zero-order valence-corrected chi connectivity index (χ0v) is 9.59. The smallest absolute Gasteiger partial charge is 0.267 e. The van der Waals surface area contributed by atoms with E-state index in [1.807, 2.05) is 0 Å². The SMILES string of the molecule is O=C(NCC1CC1)c1cc2c(F)ccc(F)c2[nH]1. The topological polar surface area (TPSA) is 44.9 Å². The van der Waals surface area contributed by atoms with Crippen LogP contribution in [0.1, 0.15) is 23.3 Å². The van der Waals surface area contributed by atoms with Gasteiger partial charge in [-0.3, -0.25) is 4.79 Å². The van der Waals surface area contributed by atoms with Gasteiger partial charge in [-0.15, -0.1) is 0 Å². The molecule has 1 amide bonds. The van der Waals surface area contributed by atoms with E-state index in [4.69, 9.17) is 0 Å². The molecule has 0 bridgehead atoms. The highest BCUT2D eigenvalue weighted by atomic mass is 19.1. The van der Waals surface area contributed by atoms with Crippen molar-refractivity contribution < 1.29 is 13.6 Å². The predicted octanol–water partition coefficient (Wildman–Crippen LogP) is 2.59. The molecule has 0 atom stereocenters. The van der Waals surface area contributed by atoms with E-state index in [1.165, 1.54) is 6.07 Å². The van der Waals surface area contributed by atoms with Crippen molar-refractivity contribution in [3.05, 3.63) is 35.5 Å². The average molecular weight is 250 g/mol. The minimum absolute atomic E-state index is 0.0339. The molecule has 1 aliphatic carbocycles. The molecule has 0 unspecified atom stereocenters. The van der Waals surface area contributed by atoms with Gasteiger partial charge in [0.25, 0.3) is 5.91 Å². The minimum Gasteiger partial charge on any atom is -0.350 e. The van der Waals surface area contributed by atoms with Crippen molar-refractivity contribution in [2.24, 2.45) is 5.92 Å². The third kappa shape index (κ3) is 1.96. The molecule has 0 spiro atoms. The number of carbonyl (C=O) groups excluding carboxylic acids is 1. The summed E-state index contributed by atoms with van der Waals surface area (Å²) in [5, 5.41) is 2.85. The number of amides is 1. The number of H-pyrrole nitrogens is 1. The predicted molar refractivity (Wildman–Crippen MR) is 63.3 cm³/mol. The number of benzene rings is 1. The van der Waals surface area contributed by atoms with E-state index in [1.54, 1.807) is 0 Å². The lowest BCUT2D eigenvalue weighted by Gasteiger charge is -2.00. The minimum atomic E-state index is -0.562. The van der Waals surface area contributed by atoms with E-state index >= 15 is 0 Å². The van der Waals surface area contributed by atoms with Crippen molar-refractivity contribution in [2.75, 3.05) is 6.54 Å². The van der Waals surface area contributed by atoms with Crippen molar-refractivity contribution >= 4 is 16.8 Å². The number of aromatic amines is 1. The molecule has 1 heterocycles. The monoisotopic (exact) mass is 250 g/mol. The zero-order chi connectivity index (χ0) is 12.7. The number of hydrogen-bond acceptors (Lipinski definition) is 1. The first-order valence-electron chi connectivity index (χ1n) is 5.90. The van der Waals surface area contributed by atoms with Crippen LogP contribution in [0, 0.1) is 17.6 Å². The van der Waals surface area contributed by atoms with Crippen LogP contribution in [0.5, 0.6) is 0 Å². The van der Waals surface area contributed by atoms with Gasteiger partial charge in [-0.05, 0) is 37.0 Å². The molecule has 5 heteroatoms. The van der Waals surface area contributed by atoms with Crippen LogP contribution in [0.2, 0.25) is 0 Å². The Balaban J connectivity index is 1.89. The van der Waals surface area contributed by atoms with E-state index < -0.39 is 11.6 Å². The lowest BCUT2D eigenvalue weighted by molar-refractivity contribution is 0.0947. The molecule has 1 aromatic heterocycles. The van der Waals surface area contributed by atoms with Crippen LogP contribution in [0.15, 0.2) is 18.2 Å². The van der Waals surface area contributed by atoms with Gasteiger partial charge in [0.05, 0.1) is 5.52 Å². The van der Waals surface area contributed by atoms with Crippen LogP contribution in [-0.2, 0) is 0 Å². The summed E-state index contributed by atoms with van der Waals surface area (Å²) in [6, 6.07) is 3.44. The first-order valence-corrected chi connectivity index (χ1v) is 5.90. The molecule has 1 saturated carbocycles. The van der Waals surface area contributed by atoms with Crippen LogP contribution in [0.25, 0.3) is 10.9 Å². The fourth-order valence-electron chi connectivity index (χ4n) is 1.93. The van der Waals surface area contributed by atoms with E-state index in [9.17, 15) is 13.6 Å². The summed E-state index contributed by atoms with van der Waals surface area (Å²) in [4.78, 5) is 14.4. The average Bonchev–Trinajstić information content (AvgIpc) is 3.07. The lowest BCUT2D eigenvalue weighted by Crippen LogP contribution is -2.25. The Hall–Kier alpha value is -1.91. The molecule has 2 aromatic rings. The standard InChI is InChI=1S/C13H12F2N2O/c14-9-3-4-10(15)12-8(9)5-11(17-12)13(18)16-6-7-1-2-7/h3-5,7,17H,1-2,6H2,(H,16,18). The van der Waals surface area contributed by atoms with Gasteiger partial charge >= 0.3 is 0 Å². The van der Waals surface area contributed by atoms with Gasteiger partial charge in [0.1, 0.15) is 17.3 Å². The second-order valence-corrected chi connectivity index (χ2v) is 4.65. The first-order chi connectivity index (χ1) is 8.65. The molecular weight excluding hydrogens is 238 g/mol. The Bertz CT molecular complexity index is 578. The van der Waals surface area contributed by atoms with Gasteiger partial charge in [0.15, 0.2) is 0 Å². The molecule has 0 saturated heterocycles. The quantitative estimate of drug-likeness (QED) is 0.864. The highest BCUT2D eigenvalue weighted by Crippen LogP contribution is 2.27. The molecule has 2 N–H and O–H groups in total. The van der Waals surface area contributed by atoms with Crippen molar-refractivity contribution in [1.29, 1.82) is 0 Å². The number of aromatic nitrogens is 1. The van der Waals surface area contributed by atoms with E-state index in [0.29, 0.717) is 12.5 Å². The normalized spacial score (nSPS) is 15.0. The fourth-order valence-corrected chi connectivity index (χ4v) is 1.93. The highest BCUT2D eigenvalue weighted by molar-refractivity contribution is 5.98. The molecule has 1 aromatic carbocycles. The number of rotatable bonds is 3. The maximum atomic E-state index is 13.4. The third-order valence-corrected chi connectivity index (χ3v) is 3.18. The molecule has 18 heavy (non-hydrogen) atoms. The van der Waals surface area contributed by atoms with Crippen molar-refractivity contribution in [1.82, 2.24) is 10.3 Å². The molecule has 0 radical (unpaired) electrons. The molecule has 1 fully saturated rings. The molecule has 94 valence electrons. The third-order valence-electron chi connectivity index (χ3n) is 3.18. The van der Waals surface area contributed by atoms with Crippen molar-refractivity contribution in [3.8, 4) is 0 Å². The Morgan fingerprint density at radius 1 is 1.33 bits per heavy atom. The summed E-state index contributed by atoms with van der Waals surface area (Å²) in [5.74, 6) is -0.861. The Labute approximate surface area is 102 Å². The molecular formula is C13H12F2N2O. The summed E-state index contributed by atoms with van der Waals surface area (Å²) < 4.78 is 26.9. The largest absolute Gasteiger partial charge is 0.350 e. The van der Waals surface area contributed by atoms with Crippen LogP contribution in [-0.4, -0.2) is 17.4 Å². The van der Waals surface area contributed by atoms with Gasteiger partial charge in [-0.1, -0.05) is 0 Å². The maximum absolute atomic E-state index is 13.4. The molecule has 3 nitrogen and oxygen atoms in total. The Kier molecular flexibility index (Phi) is 2.54. The Morgan fingerprint density at radius 2 is 2.06 bits per heavy atom. The fraction of sp³-hybridized carbons (Fsp3) is 0.308. The summed E-state index contributed by atoms with van der Waals surface area (Å²) >= 11 is 0. The Morgan fingerprint density at radius 3 is 2.72 bits per heavy atom. The summed E-state index contributed by atoms with van der Waals surface area (Å²) in [5.41, 5.74) is 0.223. The number of fused-ring (bicyclic) bond motifs is 1. The first kappa shape index (κ1) is 11.2. The van der Waals surface area contributed by atoms with E-state index in [2.05, 4.69) is 10.3 Å². The number of carbonyl (C=O) groups is 1. The van der Waals surface area contributed by atoms with Gasteiger partial charge < -0.3 is 10.3 Å². The maximum Gasteiger partial charge on any atom is 0.267 e. The number of hydrogen-bond donors (Lipinski definition) is 2. The van der Waals surface area contributed by atoms with Crippen LogP contribution >= 0.6 is 0 Å².